The SMILES string of the molecule is C[C@@H]1[C@H](C)CCC[C@@H]1NC(=O)CCCCC(=O)N[C@@H]1CCC[C@H](C)[C@@H]1C. The highest BCUT2D eigenvalue weighted by atomic mass is 16.2. The molecule has 0 bridgehead atoms. The lowest BCUT2D eigenvalue weighted by Crippen LogP contribution is -2.44. The van der Waals surface area contributed by atoms with Gasteiger partial charge in [0, 0.05) is 24.9 Å². The first-order valence-corrected chi connectivity index (χ1v) is 11.0. The number of hydrogen-bond acceptors (Lipinski definition) is 2. The van der Waals surface area contributed by atoms with Crippen molar-refractivity contribution in [2.24, 2.45) is 23.7 Å². The van der Waals surface area contributed by atoms with Crippen LogP contribution in [0.2, 0.25) is 0 Å². The molecule has 0 aliphatic heterocycles. The molecule has 0 aromatic heterocycles. The predicted molar refractivity (Wildman–Crippen MR) is 107 cm³/mol. The first-order chi connectivity index (χ1) is 12.4. The number of carbonyl (C=O) groups excluding carboxylic acids is 2. The molecule has 0 saturated heterocycles. The lowest BCUT2D eigenvalue weighted by atomic mass is 9.78. The number of carbonyl (C=O) groups is 2. The largest absolute Gasteiger partial charge is 0.353 e. The molecule has 0 unspecified atom stereocenters. The van der Waals surface area contributed by atoms with Gasteiger partial charge in [0.15, 0.2) is 0 Å². The van der Waals surface area contributed by atoms with Gasteiger partial charge in [0.25, 0.3) is 0 Å². The Morgan fingerprint density at radius 1 is 0.692 bits per heavy atom. The van der Waals surface area contributed by atoms with Gasteiger partial charge < -0.3 is 10.6 Å². The summed E-state index contributed by atoms with van der Waals surface area (Å²) in [6.07, 6.45) is 9.89. The number of nitrogens with one attached hydrogen (secondary N) is 2. The summed E-state index contributed by atoms with van der Waals surface area (Å²) in [7, 11) is 0. The van der Waals surface area contributed by atoms with E-state index >= 15 is 0 Å². The van der Waals surface area contributed by atoms with Gasteiger partial charge in [-0.3, -0.25) is 9.59 Å². The summed E-state index contributed by atoms with van der Waals surface area (Å²) < 4.78 is 0. The second-order valence-corrected chi connectivity index (χ2v) is 9.09. The van der Waals surface area contributed by atoms with E-state index in [0.29, 0.717) is 48.6 Å². The van der Waals surface area contributed by atoms with Crippen LogP contribution in [0.25, 0.3) is 0 Å². The summed E-state index contributed by atoms with van der Waals surface area (Å²) in [6, 6.07) is 0.675. The average Bonchev–Trinajstić information content (AvgIpc) is 2.60. The van der Waals surface area contributed by atoms with Crippen LogP contribution in [0.3, 0.4) is 0 Å². The van der Waals surface area contributed by atoms with Gasteiger partial charge in [-0.1, -0.05) is 53.4 Å². The van der Waals surface area contributed by atoms with Crippen molar-refractivity contribution in [2.45, 2.75) is 104 Å². The zero-order chi connectivity index (χ0) is 19.1. The molecule has 0 spiro atoms. The van der Waals surface area contributed by atoms with Crippen LogP contribution < -0.4 is 10.6 Å². The lowest BCUT2D eigenvalue weighted by molar-refractivity contribution is -0.124. The van der Waals surface area contributed by atoms with Crippen molar-refractivity contribution in [3.63, 3.8) is 0 Å². The van der Waals surface area contributed by atoms with Crippen LogP contribution in [0.1, 0.15) is 91.9 Å². The summed E-state index contributed by atoms with van der Waals surface area (Å²) in [5.74, 6) is 2.85. The van der Waals surface area contributed by atoms with Crippen LogP contribution >= 0.6 is 0 Å². The van der Waals surface area contributed by atoms with Crippen LogP contribution in [-0.4, -0.2) is 23.9 Å². The number of hydrogen-bond donors (Lipinski definition) is 2. The molecule has 0 aromatic rings. The molecule has 26 heavy (non-hydrogen) atoms. The van der Waals surface area contributed by atoms with Crippen LogP contribution in [0, 0.1) is 23.7 Å². The molecule has 2 aliphatic rings. The third-order valence-electron chi connectivity index (χ3n) is 7.16. The average molecular weight is 365 g/mol. The number of unbranched alkanes of at least 4 members (excludes halogenated alkanes) is 1. The summed E-state index contributed by atoms with van der Waals surface area (Å²) >= 11 is 0. The molecule has 2 amide bonds. The summed E-state index contributed by atoms with van der Waals surface area (Å²) in [6.45, 7) is 9.09. The van der Waals surface area contributed by atoms with E-state index in [1.165, 1.54) is 25.7 Å². The molecule has 2 saturated carbocycles. The molecule has 150 valence electrons. The number of rotatable bonds is 7. The Labute approximate surface area is 160 Å². The highest BCUT2D eigenvalue weighted by Crippen LogP contribution is 2.30. The fraction of sp³-hybridized carbons (Fsp3) is 0.909. The second-order valence-electron chi connectivity index (χ2n) is 9.09. The Balaban J connectivity index is 1.59. The second kappa shape index (κ2) is 10.3. The van der Waals surface area contributed by atoms with Crippen molar-refractivity contribution in [1.82, 2.24) is 10.6 Å². The monoisotopic (exact) mass is 364 g/mol. The van der Waals surface area contributed by atoms with Gasteiger partial charge in [0.1, 0.15) is 0 Å². The molecule has 6 atom stereocenters. The van der Waals surface area contributed by atoms with Crippen molar-refractivity contribution >= 4 is 11.8 Å². The number of amides is 2. The van der Waals surface area contributed by atoms with Crippen LogP contribution in [-0.2, 0) is 9.59 Å². The fourth-order valence-corrected chi connectivity index (χ4v) is 4.70. The normalized spacial score (nSPS) is 34.9. The molecule has 2 rings (SSSR count). The third kappa shape index (κ3) is 6.28. The standard InChI is InChI=1S/C22H40N2O2/c1-15-9-7-11-19(17(15)3)23-21(25)13-5-6-14-22(26)24-20-12-8-10-16(2)18(20)4/h15-20H,5-14H2,1-4H3,(H,23,25)(H,24,26)/t15-,16+,17-,18+,19+,20-. The van der Waals surface area contributed by atoms with Crippen LogP contribution in [0.4, 0.5) is 0 Å². The van der Waals surface area contributed by atoms with Gasteiger partial charge in [0.2, 0.25) is 11.8 Å². The van der Waals surface area contributed by atoms with Gasteiger partial charge in [-0.05, 0) is 49.4 Å². The summed E-state index contributed by atoms with van der Waals surface area (Å²) in [5, 5.41) is 6.45. The van der Waals surface area contributed by atoms with E-state index in [0.717, 1.165) is 25.7 Å². The van der Waals surface area contributed by atoms with E-state index < -0.39 is 0 Å². The molecule has 0 radical (unpaired) electrons. The first-order valence-electron chi connectivity index (χ1n) is 11.0. The molecular formula is C22H40N2O2. The van der Waals surface area contributed by atoms with E-state index in [1.807, 2.05) is 0 Å². The van der Waals surface area contributed by atoms with E-state index in [2.05, 4.69) is 38.3 Å². The van der Waals surface area contributed by atoms with Gasteiger partial charge in [-0.25, -0.2) is 0 Å². The highest BCUT2D eigenvalue weighted by Gasteiger charge is 2.29. The van der Waals surface area contributed by atoms with Crippen LogP contribution in [0.15, 0.2) is 0 Å². The van der Waals surface area contributed by atoms with Crippen molar-refractivity contribution in [1.29, 1.82) is 0 Å². The summed E-state index contributed by atoms with van der Waals surface area (Å²) in [4.78, 5) is 24.4. The zero-order valence-corrected chi connectivity index (χ0v) is 17.4. The van der Waals surface area contributed by atoms with Crippen molar-refractivity contribution in [3.05, 3.63) is 0 Å². The minimum atomic E-state index is 0.158. The molecule has 0 heterocycles. The fourth-order valence-electron chi connectivity index (χ4n) is 4.70. The molecule has 4 nitrogen and oxygen atoms in total. The van der Waals surface area contributed by atoms with E-state index in [9.17, 15) is 9.59 Å². The topological polar surface area (TPSA) is 58.2 Å². The molecule has 2 aliphatic carbocycles. The minimum Gasteiger partial charge on any atom is -0.353 e. The van der Waals surface area contributed by atoms with E-state index in [-0.39, 0.29) is 11.8 Å². The maximum absolute atomic E-state index is 12.2. The highest BCUT2D eigenvalue weighted by molar-refractivity contribution is 5.77. The first kappa shape index (κ1) is 21.2. The van der Waals surface area contributed by atoms with Gasteiger partial charge in [0.05, 0.1) is 0 Å². The molecular weight excluding hydrogens is 324 g/mol. The third-order valence-corrected chi connectivity index (χ3v) is 7.16. The van der Waals surface area contributed by atoms with Crippen LogP contribution in [0.5, 0.6) is 0 Å². The maximum Gasteiger partial charge on any atom is 0.220 e. The van der Waals surface area contributed by atoms with Crippen molar-refractivity contribution in [2.75, 3.05) is 0 Å². The van der Waals surface area contributed by atoms with Gasteiger partial charge in [-0.15, -0.1) is 0 Å². The van der Waals surface area contributed by atoms with E-state index in [1.54, 1.807) is 0 Å². The van der Waals surface area contributed by atoms with Gasteiger partial charge in [-0.2, -0.15) is 0 Å². The van der Waals surface area contributed by atoms with Gasteiger partial charge >= 0.3 is 0 Å². The predicted octanol–water partition coefficient (Wildman–Crippen LogP) is 4.43. The van der Waals surface area contributed by atoms with Crippen molar-refractivity contribution < 1.29 is 9.59 Å². The molecule has 2 N–H and O–H groups in total. The Morgan fingerprint density at radius 3 is 1.46 bits per heavy atom. The maximum atomic E-state index is 12.2. The Hall–Kier alpha value is -1.06. The minimum absolute atomic E-state index is 0.158. The smallest absolute Gasteiger partial charge is 0.220 e. The Bertz CT molecular complexity index is 423. The quantitative estimate of drug-likeness (QED) is 0.657. The summed E-state index contributed by atoms with van der Waals surface area (Å²) in [5.41, 5.74) is 0. The lowest BCUT2D eigenvalue weighted by Gasteiger charge is -2.34. The molecule has 4 heteroatoms. The van der Waals surface area contributed by atoms with Crippen molar-refractivity contribution in [3.8, 4) is 0 Å². The molecule has 0 aromatic carbocycles. The zero-order valence-electron chi connectivity index (χ0n) is 17.4. The Kier molecular flexibility index (Phi) is 8.43. The Morgan fingerprint density at radius 2 is 1.08 bits per heavy atom. The molecule has 2 fully saturated rings. The van der Waals surface area contributed by atoms with E-state index in [4.69, 9.17) is 0 Å².